The first-order valence-corrected chi connectivity index (χ1v) is 4.59. The van der Waals surface area contributed by atoms with Crippen LogP contribution in [-0.2, 0) is 0 Å². The van der Waals surface area contributed by atoms with E-state index in [2.05, 4.69) is 50.6 Å². The van der Waals surface area contributed by atoms with Gasteiger partial charge in [0.2, 0.25) is 0 Å². The smallest absolute Gasteiger partial charge is 0.0369 e. The van der Waals surface area contributed by atoms with Gasteiger partial charge in [-0.25, -0.2) is 0 Å². The standard InChI is InChI=1S/C12H17N/c1-10-7-5-6-8-11(9-13-10)12(2,3)4/h5-6,8-9H,1,7H2,2-4H3/b6-5+,11-8+,13-9?. The van der Waals surface area contributed by atoms with Crippen LogP contribution >= 0.6 is 0 Å². The highest BCUT2D eigenvalue weighted by molar-refractivity contribution is 5.81. The van der Waals surface area contributed by atoms with Crippen molar-refractivity contribution in [2.24, 2.45) is 10.4 Å². The van der Waals surface area contributed by atoms with Crippen LogP contribution in [0.15, 0.2) is 41.1 Å². The zero-order valence-corrected chi connectivity index (χ0v) is 8.67. The Bertz CT molecular complexity index is 285. The molecule has 1 nitrogen and oxygen atoms in total. The minimum absolute atomic E-state index is 0.158. The topological polar surface area (TPSA) is 12.4 Å². The van der Waals surface area contributed by atoms with E-state index in [4.69, 9.17) is 0 Å². The zero-order chi connectivity index (χ0) is 9.90. The molecule has 0 amide bonds. The Morgan fingerprint density at radius 1 is 1.38 bits per heavy atom. The lowest BCUT2D eigenvalue weighted by Crippen LogP contribution is -2.10. The number of nitrogens with zero attached hydrogens (tertiary/aromatic N) is 1. The van der Waals surface area contributed by atoms with Crippen LogP contribution in [0.2, 0.25) is 0 Å². The Morgan fingerprint density at radius 3 is 2.69 bits per heavy atom. The second-order valence-electron chi connectivity index (χ2n) is 4.33. The van der Waals surface area contributed by atoms with Crippen LogP contribution in [0.25, 0.3) is 0 Å². The molecular weight excluding hydrogens is 158 g/mol. The first kappa shape index (κ1) is 9.97. The summed E-state index contributed by atoms with van der Waals surface area (Å²) in [7, 11) is 0. The third-order valence-electron chi connectivity index (χ3n) is 2.02. The van der Waals surface area contributed by atoms with Crippen molar-refractivity contribution >= 4 is 6.21 Å². The van der Waals surface area contributed by atoms with Gasteiger partial charge < -0.3 is 0 Å². The van der Waals surface area contributed by atoms with Gasteiger partial charge in [0.1, 0.15) is 0 Å². The molecule has 1 aliphatic heterocycles. The summed E-state index contributed by atoms with van der Waals surface area (Å²) in [6.07, 6.45) is 9.06. The number of hydrogen-bond donors (Lipinski definition) is 0. The van der Waals surface area contributed by atoms with Gasteiger partial charge >= 0.3 is 0 Å². The predicted molar refractivity (Wildman–Crippen MR) is 58.9 cm³/mol. The molecule has 1 rings (SSSR count). The number of hydrogen-bond acceptors (Lipinski definition) is 1. The molecule has 13 heavy (non-hydrogen) atoms. The molecule has 0 aromatic rings. The van der Waals surface area contributed by atoms with E-state index < -0.39 is 0 Å². The normalized spacial score (nSPS) is 24.5. The highest BCUT2D eigenvalue weighted by atomic mass is 14.7. The Morgan fingerprint density at radius 2 is 2.08 bits per heavy atom. The lowest BCUT2D eigenvalue weighted by atomic mass is 9.86. The molecule has 0 spiro atoms. The van der Waals surface area contributed by atoms with Gasteiger partial charge in [0.05, 0.1) is 0 Å². The van der Waals surface area contributed by atoms with E-state index in [1.807, 2.05) is 6.21 Å². The monoisotopic (exact) mass is 175 g/mol. The first-order chi connectivity index (χ1) is 6.00. The summed E-state index contributed by atoms with van der Waals surface area (Å²) in [6.45, 7) is 10.4. The molecule has 0 saturated heterocycles. The minimum Gasteiger partial charge on any atom is -0.261 e. The Balaban J connectivity index is 2.96. The van der Waals surface area contributed by atoms with Crippen molar-refractivity contribution in [3.63, 3.8) is 0 Å². The molecule has 0 fully saturated rings. The van der Waals surface area contributed by atoms with Gasteiger partial charge in [0.25, 0.3) is 0 Å². The maximum Gasteiger partial charge on any atom is 0.0369 e. The fourth-order valence-electron chi connectivity index (χ4n) is 1.08. The van der Waals surface area contributed by atoms with Crippen LogP contribution in [0.1, 0.15) is 27.2 Å². The van der Waals surface area contributed by atoms with Crippen LogP contribution in [0.3, 0.4) is 0 Å². The van der Waals surface area contributed by atoms with E-state index in [-0.39, 0.29) is 5.41 Å². The van der Waals surface area contributed by atoms with Crippen LogP contribution < -0.4 is 0 Å². The Hall–Kier alpha value is -1.11. The van der Waals surface area contributed by atoms with Crippen molar-refractivity contribution < 1.29 is 0 Å². The molecule has 0 aromatic carbocycles. The maximum absolute atomic E-state index is 4.29. The van der Waals surface area contributed by atoms with Crippen molar-refractivity contribution in [3.8, 4) is 0 Å². The van der Waals surface area contributed by atoms with Crippen molar-refractivity contribution in [1.29, 1.82) is 0 Å². The second kappa shape index (κ2) is 3.73. The molecule has 0 unspecified atom stereocenters. The van der Waals surface area contributed by atoms with E-state index in [1.54, 1.807) is 0 Å². The number of rotatable bonds is 0. The SMILES string of the molecule is C=C1C/C=C/C=C(/C(C)(C)C)C=N1. The fraction of sp³-hybridized carbons (Fsp3) is 0.417. The van der Waals surface area contributed by atoms with Crippen LogP contribution in [-0.4, -0.2) is 6.21 Å². The molecule has 0 bridgehead atoms. The third kappa shape index (κ3) is 3.02. The fourth-order valence-corrected chi connectivity index (χ4v) is 1.08. The summed E-state index contributed by atoms with van der Waals surface area (Å²) in [5.41, 5.74) is 2.32. The Kier molecular flexibility index (Phi) is 2.86. The quantitative estimate of drug-likeness (QED) is 0.534. The van der Waals surface area contributed by atoms with Crippen molar-refractivity contribution in [2.75, 3.05) is 0 Å². The molecule has 1 heterocycles. The van der Waals surface area contributed by atoms with Crippen molar-refractivity contribution in [1.82, 2.24) is 0 Å². The molecule has 0 aromatic heterocycles. The second-order valence-corrected chi connectivity index (χ2v) is 4.33. The summed E-state index contributed by atoms with van der Waals surface area (Å²) >= 11 is 0. The molecule has 1 aliphatic rings. The lowest BCUT2D eigenvalue weighted by molar-refractivity contribution is 0.526. The summed E-state index contributed by atoms with van der Waals surface area (Å²) in [6, 6.07) is 0. The molecule has 0 radical (unpaired) electrons. The average Bonchev–Trinajstić information content (AvgIpc) is 1.94. The van der Waals surface area contributed by atoms with Crippen LogP contribution in [0.4, 0.5) is 0 Å². The predicted octanol–water partition coefficient (Wildman–Crippen LogP) is 3.50. The van der Waals surface area contributed by atoms with Crippen LogP contribution in [0.5, 0.6) is 0 Å². The van der Waals surface area contributed by atoms with E-state index >= 15 is 0 Å². The van der Waals surface area contributed by atoms with Gasteiger partial charge in [0.15, 0.2) is 0 Å². The lowest BCUT2D eigenvalue weighted by Gasteiger charge is -2.19. The summed E-state index contributed by atoms with van der Waals surface area (Å²) in [5, 5.41) is 0. The van der Waals surface area contributed by atoms with Gasteiger partial charge in [-0.15, -0.1) is 0 Å². The zero-order valence-electron chi connectivity index (χ0n) is 8.67. The first-order valence-electron chi connectivity index (χ1n) is 4.59. The van der Waals surface area contributed by atoms with Gasteiger partial charge in [-0.05, 0) is 11.0 Å². The highest BCUT2D eigenvalue weighted by Crippen LogP contribution is 2.24. The minimum atomic E-state index is 0.158. The number of allylic oxidation sites excluding steroid dienone is 4. The molecule has 0 saturated carbocycles. The van der Waals surface area contributed by atoms with E-state index in [1.165, 1.54) is 5.57 Å². The van der Waals surface area contributed by atoms with E-state index in [0.29, 0.717) is 0 Å². The number of aliphatic imine (C=N–C) groups is 1. The molecule has 0 aliphatic carbocycles. The molecule has 0 N–H and O–H groups in total. The van der Waals surface area contributed by atoms with Crippen molar-refractivity contribution in [2.45, 2.75) is 27.2 Å². The van der Waals surface area contributed by atoms with Gasteiger partial charge in [-0.3, -0.25) is 4.99 Å². The summed E-state index contributed by atoms with van der Waals surface area (Å²) in [4.78, 5) is 4.29. The van der Waals surface area contributed by atoms with Gasteiger partial charge in [-0.1, -0.05) is 45.6 Å². The molecule has 0 atom stereocenters. The summed E-state index contributed by atoms with van der Waals surface area (Å²) in [5.74, 6) is 0. The largest absolute Gasteiger partial charge is 0.261 e. The van der Waals surface area contributed by atoms with E-state index in [0.717, 1.165) is 12.1 Å². The Labute approximate surface area is 80.6 Å². The molecule has 70 valence electrons. The molecule has 1 heteroatoms. The third-order valence-corrected chi connectivity index (χ3v) is 2.02. The van der Waals surface area contributed by atoms with E-state index in [9.17, 15) is 0 Å². The maximum atomic E-state index is 4.29. The van der Waals surface area contributed by atoms with Gasteiger partial charge in [0, 0.05) is 18.3 Å². The van der Waals surface area contributed by atoms with Crippen molar-refractivity contribution in [3.05, 3.63) is 36.1 Å². The highest BCUT2D eigenvalue weighted by Gasteiger charge is 2.14. The average molecular weight is 175 g/mol. The molecular formula is C12H17N. The van der Waals surface area contributed by atoms with Gasteiger partial charge in [-0.2, -0.15) is 0 Å². The summed E-state index contributed by atoms with van der Waals surface area (Å²) < 4.78 is 0. The van der Waals surface area contributed by atoms with Crippen LogP contribution in [0, 0.1) is 5.41 Å².